The molecule has 0 saturated carbocycles. The SMILES string of the molecule is OB(O)C1C=CC(OC2=CC=CCC2)=CC1. The lowest BCUT2D eigenvalue weighted by Crippen LogP contribution is -2.19. The number of hydrogen-bond donors (Lipinski definition) is 2. The van der Waals surface area contributed by atoms with Crippen molar-refractivity contribution < 1.29 is 14.8 Å². The van der Waals surface area contributed by atoms with Crippen LogP contribution in [0.4, 0.5) is 0 Å². The summed E-state index contributed by atoms with van der Waals surface area (Å²) >= 11 is 0. The molecule has 2 aliphatic rings. The van der Waals surface area contributed by atoms with Crippen LogP contribution in [-0.4, -0.2) is 17.2 Å². The topological polar surface area (TPSA) is 49.7 Å². The van der Waals surface area contributed by atoms with Crippen molar-refractivity contribution in [2.24, 2.45) is 0 Å². The molecule has 0 spiro atoms. The largest absolute Gasteiger partial charge is 0.462 e. The van der Waals surface area contributed by atoms with E-state index in [0.717, 1.165) is 24.4 Å². The molecule has 0 amide bonds. The van der Waals surface area contributed by atoms with Gasteiger partial charge in [0.25, 0.3) is 0 Å². The summed E-state index contributed by atoms with van der Waals surface area (Å²) in [6.45, 7) is 0. The first-order valence-electron chi connectivity index (χ1n) is 5.54. The van der Waals surface area contributed by atoms with Crippen LogP contribution in [0.15, 0.2) is 48.0 Å². The molecule has 16 heavy (non-hydrogen) atoms. The monoisotopic (exact) mass is 218 g/mol. The van der Waals surface area contributed by atoms with Crippen LogP contribution in [0.1, 0.15) is 19.3 Å². The molecule has 1 atom stereocenters. The van der Waals surface area contributed by atoms with Gasteiger partial charge in [0.2, 0.25) is 0 Å². The Balaban J connectivity index is 1.91. The summed E-state index contributed by atoms with van der Waals surface area (Å²) in [7, 11) is -1.29. The van der Waals surface area contributed by atoms with Crippen LogP contribution in [0.5, 0.6) is 0 Å². The van der Waals surface area contributed by atoms with E-state index in [-0.39, 0.29) is 5.82 Å². The second kappa shape index (κ2) is 5.19. The fraction of sp³-hybridized carbons (Fsp3) is 0.333. The molecule has 2 rings (SSSR count). The molecule has 0 bridgehead atoms. The summed E-state index contributed by atoms with van der Waals surface area (Å²) in [5, 5.41) is 18.0. The standard InChI is InChI=1S/C12H15BO3/c14-13(15)10-6-8-12(9-7-10)16-11-4-2-1-3-5-11/h1-2,4,6,8-10,14-15H,3,5,7H2. The molecule has 0 aromatic heterocycles. The molecule has 0 aliphatic heterocycles. The quantitative estimate of drug-likeness (QED) is 0.711. The molecule has 84 valence electrons. The van der Waals surface area contributed by atoms with Crippen molar-refractivity contribution in [2.45, 2.75) is 25.1 Å². The van der Waals surface area contributed by atoms with E-state index in [2.05, 4.69) is 6.08 Å². The van der Waals surface area contributed by atoms with Gasteiger partial charge in [-0.1, -0.05) is 18.2 Å². The van der Waals surface area contributed by atoms with E-state index in [0.29, 0.717) is 6.42 Å². The van der Waals surface area contributed by atoms with Crippen molar-refractivity contribution in [2.75, 3.05) is 0 Å². The van der Waals surface area contributed by atoms with Gasteiger partial charge in [-0.15, -0.1) is 0 Å². The van der Waals surface area contributed by atoms with E-state index in [1.807, 2.05) is 18.2 Å². The van der Waals surface area contributed by atoms with E-state index in [1.165, 1.54) is 0 Å². The summed E-state index contributed by atoms with van der Waals surface area (Å²) in [6, 6.07) is 0. The maximum atomic E-state index is 9.00. The smallest absolute Gasteiger partial charge is 0.459 e. The van der Waals surface area contributed by atoms with Crippen molar-refractivity contribution in [3.8, 4) is 0 Å². The summed E-state index contributed by atoms with van der Waals surface area (Å²) in [4.78, 5) is 0. The van der Waals surface area contributed by atoms with Crippen molar-refractivity contribution in [3.63, 3.8) is 0 Å². The van der Waals surface area contributed by atoms with Crippen LogP contribution < -0.4 is 0 Å². The fourth-order valence-electron chi connectivity index (χ4n) is 1.73. The highest BCUT2D eigenvalue weighted by molar-refractivity contribution is 6.44. The lowest BCUT2D eigenvalue weighted by atomic mass is 9.69. The summed E-state index contributed by atoms with van der Waals surface area (Å²) in [5.41, 5.74) is 0. The highest BCUT2D eigenvalue weighted by Gasteiger charge is 2.22. The van der Waals surface area contributed by atoms with Crippen LogP contribution in [-0.2, 0) is 4.74 Å². The first-order chi connectivity index (χ1) is 7.75. The van der Waals surface area contributed by atoms with Gasteiger partial charge in [-0.3, -0.25) is 0 Å². The lowest BCUT2D eigenvalue weighted by Gasteiger charge is -2.17. The normalized spacial score (nSPS) is 23.8. The van der Waals surface area contributed by atoms with Gasteiger partial charge in [0.1, 0.15) is 11.5 Å². The summed E-state index contributed by atoms with van der Waals surface area (Å²) in [6.07, 6.45) is 14.1. The van der Waals surface area contributed by atoms with Crippen LogP contribution in [0.25, 0.3) is 0 Å². The molecule has 0 aromatic carbocycles. The Morgan fingerprint density at radius 1 is 1.38 bits per heavy atom. The Hall–Kier alpha value is -1.26. The van der Waals surface area contributed by atoms with Gasteiger partial charge >= 0.3 is 7.12 Å². The number of rotatable bonds is 3. The maximum Gasteiger partial charge on any atom is 0.459 e. The second-order valence-corrected chi connectivity index (χ2v) is 3.98. The number of hydrogen-bond acceptors (Lipinski definition) is 3. The lowest BCUT2D eigenvalue weighted by molar-refractivity contribution is 0.300. The third-order valence-electron chi connectivity index (χ3n) is 2.71. The Morgan fingerprint density at radius 2 is 2.25 bits per heavy atom. The Labute approximate surface area is 95.6 Å². The molecule has 0 saturated heterocycles. The van der Waals surface area contributed by atoms with E-state index >= 15 is 0 Å². The van der Waals surface area contributed by atoms with Gasteiger partial charge in [-0.05, 0) is 31.1 Å². The molecular weight excluding hydrogens is 203 g/mol. The summed E-state index contributed by atoms with van der Waals surface area (Å²) < 4.78 is 5.68. The summed E-state index contributed by atoms with van der Waals surface area (Å²) in [5.74, 6) is 1.53. The van der Waals surface area contributed by atoms with Crippen LogP contribution >= 0.6 is 0 Å². The van der Waals surface area contributed by atoms with E-state index in [1.54, 1.807) is 12.2 Å². The minimum atomic E-state index is -1.29. The van der Waals surface area contributed by atoms with Gasteiger partial charge < -0.3 is 14.8 Å². The predicted octanol–water partition coefficient (Wildman–Crippen LogP) is 1.92. The zero-order chi connectivity index (χ0) is 11.4. The number of ether oxygens (including phenoxy) is 1. The third-order valence-corrected chi connectivity index (χ3v) is 2.71. The van der Waals surface area contributed by atoms with Crippen molar-refractivity contribution in [1.82, 2.24) is 0 Å². The number of allylic oxidation sites excluding steroid dienone is 7. The van der Waals surface area contributed by atoms with E-state index in [9.17, 15) is 0 Å². The predicted molar refractivity (Wildman–Crippen MR) is 63.3 cm³/mol. The van der Waals surface area contributed by atoms with Crippen LogP contribution in [0, 0.1) is 0 Å². The van der Waals surface area contributed by atoms with Crippen molar-refractivity contribution in [1.29, 1.82) is 0 Å². The first kappa shape index (κ1) is 11.2. The zero-order valence-corrected chi connectivity index (χ0v) is 9.04. The van der Waals surface area contributed by atoms with Crippen molar-refractivity contribution >= 4 is 7.12 Å². The first-order valence-corrected chi connectivity index (χ1v) is 5.54. The molecular formula is C12H15BO3. The zero-order valence-electron chi connectivity index (χ0n) is 9.04. The molecule has 2 aliphatic carbocycles. The van der Waals surface area contributed by atoms with Crippen molar-refractivity contribution in [3.05, 3.63) is 48.0 Å². The maximum absolute atomic E-state index is 9.00. The fourth-order valence-corrected chi connectivity index (χ4v) is 1.73. The average molecular weight is 218 g/mol. The molecule has 0 fully saturated rings. The third kappa shape index (κ3) is 2.87. The highest BCUT2D eigenvalue weighted by atomic mass is 16.5. The van der Waals surface area contributed by atoms with Gasteiger partial charge in [0.05, 0.1) is 0 Å². The molecule has 0 heterocycles. The van der Waals surface area contributed by atoms with Gasteiger partial charge in [0.15, 0.2) is 0 Å². The Morgan fingerprint density at radius 3 is 2.81 bits per heavy atom. The molecule has 2 N–H and O–H groups in total. The van der Waals surface area contributed by atoms with E-state index < -0.39 is 7.12 Å². The molecule has 4 heteroatoms. The van der Waals surface area contributed by atoms with Gasteiger partial charge in [0, 0.05) is 12.2 Å². The Kier molecular flexibility index (Phi) is 3.64. The van der Waals surface area contributed by atoms with Gasteiger partial charge in [-0.2, -0.15) is 0 Å². The second-order valence-electron chi connectivity index (χ2n) is 3.98. The Bertz CT molecular complexity index is 366. The van der Waals surface area contributed by atoms with Crippen LogP contribution in [0.3, 0.4) is 0 Å². The molecule has 1 unspecified atom stereocenters. The highest BCUT2D eigenvalue weighted by Crippen LogP contribution is 2.25. The minimum absolute atomic E-state index is 0.215. The average Bonchev–Trinajstić information content (AvgIpc) is 2.31. The van der Waals surface area contributed by atoms with Gasteiger partial charge in [-0.25, -0.2) is 0 Å². The van der Waals surface area contributed by atoms with Crippen LogP contribution in [0.2, 0.25) is 5.82 Å². The minimum Gasteiger partial charge on any atom is -0.462 e. The molecule has 0 aromatic rings. The molecule has 3 nitrogen and oxygen atoms in total. The molecule has 0 radical (unpaired) electrons. The van der Waals surface area contributed by atoms with E-state index in [4.69, 9.17) is 14.8 Å².